The quantitative estimate of drug-likeness (QED) is 0.851. The zero-order valence-corrected chi connectivity index (χ0v) is 13.4. The first-order valence-corrected chi connectivity index (χ1v) is 8.11. The van der Waals surface area contributed by atoms with Crippen molar-refractivity contribution in [2.24, 2.45) is 5.92 Å². The molecule has 0 aromatic heterocycles. The van der Waals surface area contributed by atoms with E-state index in [0.717, 1.165) is 0 Å². The molecule has 24 heavy (non-hydrogen) atoms. The standard InChI is InChI=1S/C18H20O6/c1-2-22-18(21)11-3-6-13(7-4-11)24-16-10-23-15-9-12(19)5-8-14(15)17(16)20/h3-4,6-7,10,12,14-15,19H,2,5,8-9H2,1H3. The molecule has 0 saturated heterocycles. The summed E-state index contributed by atoms with van der Waals surface area (Å²) < 4.78 is 16.1. The van der Waals surface area contributed by atoms with Crippen molar-refractivity contribution in [2.45, 2.75) is 38.4 Å². The molecule has 0 radical (unpaired) electrons. The fourth-order valence-electron chi connectivity index (χ4n) is 3.02. The highest BCUT2D eigenvalue weighted by molar-refractivity contribution is 5.96. The lowest BCUT2D eigenvalue weighted by molar-refractivity contribution is -0.132. The zero-order chi connectivity index (χ0) is 17.1. The van der Waals surface area contributed by atoms with Gasteiger partial charge in [0.2, 0.25) is 11.5 Å². The van der Waals surface area contributed by atoms with Gasteiger partial charge in [-0.25, -0.2) is 4.79 Å². The Labute approximate surface area is 140 Å². The second-order valence-electron chi connectivity index (χ2n) is 5.94. The van der Waals surface area contributed by atoms with E-state index in [9.17, 15) is 14.7 Å². The van der Waals surface area contributed by atoms with E-state index in [4.69, 9.17) is 14.2 Å². The highest BCUT2D eigenvalue weighted by Crippen LogP contribution is 2.34. The molecule has 1 aromatic rings. The average Bonchev–Trinajstić information content (AvgIpc) is 2.58. The maximum atomic E-state index is 12.5. The summed E-state index contributed by atoms with van der Waals surface area (Å²) in [4.78, 5) is 24.1. The molecule has 6 heteroatoms. The van der Waals surface area contributed by atoms with Crippen LogP contribution in [0.3, 0.4) is 0 Å². The summed E-state index contributed by atoms with van der Waals surface area (Å²) in [6, 6.07) is 6.39. The highest BCUT2D eigenvalue weighted by Gasteiger charge is 2.40. The fraction of sp³-hybridized carbons (Fsp3) is 0.444. The third-order valence-electron chi connectivity index (χ3n) is 4.29. The van der Waals surface area contributed by atoms with Gasteiger partial charge in [-0.05, 0) is 44.0 Å². The smallest absolute Gasteiger partial charge is 0.338 e. The van der Waals surface area contributed by atoms with Gasteiger partial charge in [-0.2, -0.15) is 0 Å². The van der Waals surface area contributed by atoms with Crippen LogP contribution in [0.4, 0.5) is 0 Å². The van der Waals surface area contributed by atoms with Gasteiger partial charge in [0.25, 0.3) is 0 Å². The average molecular weight is 332 g/mol. The normalized spacial score (nSPS) is 26.0. The van der Waals surface area contributed by atoms with Gasteiger partial charge < -0.3 is 19.3 Å². The molecule has 1 aromatic carbocycles. The van der Waals surface area contributed by atoms with Crippen LogP contribution in [0.25, 0.3) is 0 Å². The number of Topliss-reactive ketones (excluding diaryl/α,β-unsaturated/α-hetero) is 1. The Morgan fingerprint density at radius 2 is 2.04 bits per heavy atom. The van der Waals surface area contributed by atoms with Crippen LogP contribution in [0.2, 0.25) is 0 Å². The van der Waals surface area contributed by atoms with Crippen LogP contribution in [0.1, 0.15) is 36.5 Å². The minimum absolute atomic E-state index is 0.104. The summed E-state index contributed by atoms with van der Waals surface area (Å²) in [5, 5.41) is 9.66. The second-order valence-corrected chi connectivity index (χ2v) is 5.94. The number of fused-ring (bicyclic) bond motifs is 1. The number of carbonyl (C=O) groups is 2. The Bertz CT molecular complexity index is 648. The van der Waals surface area contributed by atoms with E-state index in [1.165, 1.54) is 6.26 Å². The lowest BCUT2D eigenvalue weighted by Gasteiger charge is -2.35. The molecule has 0 spiro atoms. The first kappa shape index (κ1) is 16.5. The summed E-state index contributed by atoms with van der Waals surface area (Å²) in [6.07, 6.45) is 2.28. The molecule has 1 saturated carbocycles. The summed E-state index contributed by atoms with van der Waals surface area (Å²) in [6.45, 7) is 2.06. The van der Waals surface area contributed by atoms with Gasteiger partial charge in [0.05, 0.1) is 24.2 Å². The number of hydrogen-bond donors (Lipinski definition) is 1. The Hall–Kier alpha value is -2.34. The molecule has 3 unspecified atom stereocenters. The van der Waals surface area contributed by atoms with E-state index < -0.39 is 12.1 Å². The topological polar surface area (TPSA) is 82.1 Å². The van der Waals surface area contributed by atoms with Crippen LogP contribution in [0.15, 0.2) is 36.3 Å². The Balaban J connectivity index is 1.67. The predicted molar refractivity (Wildman–Crippen MR) is 84.3 cm³/mol. The molecule has 3 rings (SSSR count). The van der Waals surface area contributed by atoms with Crippen LogP contribution in [0, 0.1) is 5.92 Å². The van der Waals surface area contributed by atoms with E-state index >= 15 is 0 Å². The molecule has 3 atom stereocenters. The van der Waals surface area contributed by atoms with Gasteiger partial charge in [-0.3, -0.25) is 4.79 Å². The summed E-state index contributed by atoms with van der Waals surface area (Å²) >= 11 is 0. The van der Waals surface area contributed by atoms with Crippen molar-refractivity contribution in [2.75, 3.05) is 6.61 Å². The molecule has 1 heterocycles. The van der Waals surface area contributed by atoms with Gasteiger partial charge in [0.1, 0.15) is 18.1 Å². The maximum Gasteiger partial charge on any atom is 0.338 e. The molecular weight excluding hydrogens is 312 g/mol. The van der Waals surface area contributed by atoms with Crippen molar-refractivity contribution in [3.8, 4) is 5.75 Å². The molecule has 1 aliphatic heterocycles. The van der Waals surface area contributed by atoms with Crippen LogP contribution < -0.4 is 4.74 Å². The molecular formula is C18H20O6. The fourth-order valence-corrected chi connectivity index (χ4v) is 3.02. The lowest BCUT2D eigenvalue weighted by atomic mass is 9.80. The lowest BCUT2D eigenvalue weighted by Crippen LogP contribution is -2.41. The Morgan fingerprint density at radius 1 is 1.29 bits per heavy atom. The number of rotatable bonds is 4. The number of carbonyl (C=O) groups excluding carboxylic acids is 2. The van der Waals surface area contributed by atoms with Crippen molar-refractivity contribution in [1.29, 1.82) is 0 Å². The second kappa shape index (κ2) is 7.05. The number of benzene rings is 1. The minimum atomic E-state index is -0.412. The number of esters is 1. The van der Waals surface area contributed by atoms with Crippen LogP contribution in [-0.4, -0.2) is 35.7 Å². The van der Waals surface area contributed by atoms with Crippen LogP contribution in [0.5, 0.6) is 5.75 Å². The largest absolute Gasteiger partial charge is 0.493 e. The molecule has 1 aliphatic carbocycles. The third kappa shape index (κ3) is 3.43. The zero-order valence-electron chi connectivity index (χ0n) is 13.4. The summed E-state index contributed by atoms with van der Waals surface area (Å²) in [5.41, 5.74) is 0.422. The molecule has 128 valence electrons. The number of ether oxygens (including phenoxy) is 3. The Morgan fingerprint density at radius 3 is 2.75 bits per heavy atom. The number of aliphatic hydroxyl groups is 1. The summed E-state index contributed by atoms with van der Waals surface area (Å²) in [5.74, 6) is -0.180. The van der Waals surface area contributed by atoms with Gasteiger partial charge in [-0.1, -0.05) is 0 Å². The number of hydrogen-bond acceptors (Lipinski definition) is 6. The van der Waals surface area contributed by atoms with Crippen molar-refractivity contribution in [3.63, 3.8) is 0 Å². The summed E-state index contributed by atoms with van der Waals surface area (Å²) in [7, 11) is 0. The number of allylic oxidation sites excluding steroid dienone is 1. The molecule has 6 nitrogen and oxygen atoms in total. The van der Waals surface area contributed by atoms with Crippen molar-refractivity contribution in [1.82, 2.24) is 0 Å². The van der Waals surface area contributed by atoms with Crippen LogP contribution in [-0.2, 0) is 14.3 Å². The molecule has 0 bridgehead atoms. The van der Waals surface area contributed by atoms with E-state index in [1.54, 1.807) is 31.2 Å². The third-order valence-corrected chi connectivity index (χ3v) is 4.29. The highest BCUT2D eigenvalue weighted by atomic mass is 16.5. The predicted octanol–water partition coefficient (Wildman–Crippen LogP) is 2.21. The number of aliphatic hydroxyl groups excluding tert-OH is 1. The van der Waals surface area contributed by atoms with E-state index in [2.05, 4.69) is 0 Å². The molecule has 1 fully saturated rings. The maximum absolute atomic E-state index is 12.5. The SMILES string of the molecule is CCOC(=O)c1ccc(OC2=COC3CC(O)CCC3C2=O)cc1. The van der Waals surface area contributed by atoms with Gasteiger partial charge in [0, 0.05) is 6.42 Å². The first-order chi connectivity index (χ1) is 11.6. The van der Waals surface area contributed by atoms with Crippen molar-refractivity contribution < 1.29 is 28.9 Å². The number of ketones is 1. The van der Waals surface area contributed by atoms with E-state index in [0.29, 0.717) is 37.2 Å². The molecule has 2 aliphatic rings. The first-order valence-electron chi connectivity index (χ1n) is 8.11. The van der Waals surface area contributed by atoms with Gasteiger partial charge >= 0.3 is 5.97 Å². The minimum Gasteiger partial charge on any atom is -0.493 e. The molecule has 1 N–H and O–H groups in total. The van der Waals surface area contributed by atoms with E-state index in [1.807, 2.05) is 0 Å². The van der Waals surface area contributed by atoms with Gasteiger partial charge in [-0.15, -0.1) is 0 Å². The van der Waals surface area contributed by atoms with Gasteiger partial charge in [0.15, 0.2) is 0 Å². The van der Waals surface area contributed by atoms with Crippen molar-refractivity contribution in [3.05, 3.63) is 41.9 Å². The van der Waals surface area contributed by atoms with Crippen molar-refractivity contribution >= 4 is 11.8 Å². The monoisotopic (exact) mass is 332 g/mol. The van der Waals surface area contributed by atoms with E-state index in [-0.39, 0.29) is 23.6 Å². The molecule has 0 amide bonds. The Kier molecular flexibility index (Phi) is 4.85. The van der Waals surface area contributed by atoms with Crippen LogP contribution >= 0.6 is 0 Å².